The van der Waals surface area contributed by atoms with Gasteiger partial charge in [0.2, 0.25) is 11.8 Å². The molecule has 16 heteroatoms. The molecule has 5 aromatic rings. The van der Waals surface area contributed by atoms with Crippen molar-refractivity contribution in [2.75, 3.05) is 55.6 Å². The minimum Gasteiger partial charge on any atom is -0.507 e. The van der Waals surface area contributed by atoms with Crippen molar-refractivity contribution in [3.05, 3.63) is 128 Å². The fourth-order valence-corrected chi connectivity index (χ4v) is 9.47. The number of phenols is 1. The molecule has 3 fully saturated rings. The number of H-pyrrole nitrogens is 1. The van der Waals surface area contributed by atoms with E-state index in [1.807, 2.05) is 47.4 Å². The molecule has 0 spiro atoms. The lowest BCUT2D eigenvalue weighted by atomic mass is 9.95. The molecule has 4 aliphatic rings. The van der Waals surface area contributed by atoms with Crippen LogP contribution in [-0.4, -0.2) is 95.4 Å². The van der Waals surface area contributed by atoms with Gasteiger partial charge in [-0.1, -0.05) is 54.1 Å². The van der Waals surface area contributed by atoms with Crippen LogP contribution in [0.2, 0.25) is 5.02 Å². The molecule has 3 saturated heterocycles. The lowest BCUT2D eigenvalue weighted by Crippen LogP contribution is -2.54. The summed E-state index contributed by atoms with van der Waals surface area (Å²) in [6.45, 7) is 4.95. The van der Waals surface area contributed by atoms with E-state index in [2.05, 4.69) is 20.1 Å². The number of nitrogens with zero attached hydrogens (tertiary/aromatic N) is 5. The summed E-state index contributed by atoms with van der Waals surface area (Å²) in [5, 5.41) is 23.9. The molecule has 14 nitrogen and oxygen atoms in total. The Morgan fingerprint density at radius 1 is 0.797 bits per heavy atom. The van der Waals surface area contributed by atoms with Gasteiger partial charge in [0.25, 0.3) is 17.4 Å². The minimum absolute atomic E-state index is 0.00751. The van der Waals surface area contributed by atoms with E-state index in [-0.39, 0.29) is 41.0 Å². The lowest BCUT2D eigenvalue weighted by Gasteiger charge is -2.40. The van der Waals surface area contributed by atoms with E-state index in [1.54, 1.807) is 36.4 Å². The van der Waals surface area contributed by atoms with Gasteiger partial charge in [-0.25, -0.2) is 4.39 Å². The average molecular weight is 884 g/mol. The van der Waals surface area contributed by atoms with Crippen molar-refractivity contribution >= 4 is 46.6 Å². The Balaban J connectivity index is 0.816. The summed E-state index contributed by atoms with van der Waals surface area (Å²) in [5.41, 5.74) is 2.41. The Hall–Kier alpha value is -7.02. The molecule has 1 atom stereocenters. The van der Waals surface area contributed by atoms with E-state index in [0.29, 0.717) is 90.6 Å². The number of hydrogen-bond acceptors (Lipinski definition) is 11. The number of hydrogen-bond donors (Lipinski definition) is 3. The number of benzene rings is 4. The summed E-state index contributed by atoms with van der Waals surface area (Å²) in [6.07, 6.45) is 1.72. The predicted octanol–water partition coefficient (Wildman–Crippen LogP) is 6.10. The summed E-state index contributed by atoms with van der Waals surface area (Å²) >= 11 is 6.89. The van der Waals surface area contributed by atoms with E-state index >= 15 is 4.39 Å². The van der Waals surface area contributed by atoms with Crippen molar-refractivity contribution in [1.29, 1.82) is 5.26 Å². The maximum Gasteiger partial charge on any atom is 0.266 e. The monoisotopic (exact) mass is 883 g/mol. The van der Waals surface area contributed by atoms with Crippen LogP contribution in [-0.2, 0) is 16.2 Å². The second kappa shape index (κ2) is 17.6. The number of piperazine rings is 1. The number of imide groups is 2. The molecule has 4 aliphatic heterocycles. The largest absolute Gasteiger partial charge is 0.507 e. The number of ether oxygens (including phenoxy) is 1. The first-order valence-corrected chi connectivity index (χ1v) is 21.6. The summed E-state index contributed by atoms with van der Waals surface area (Å²) in [7, 11) is 0. The van der Waals surface area contributed by atoms with Crippen molar-refractivity contribution in [3.8, 4) is 40.0 Å². The molecular weight excluding hydrogens is 841 g/mol. The van der Waals surface area contributed by atoms with Crippen LogP contribution in [0.25, 0.3) is 22.4 Å². The van der Waals surface area contributed by atoms with Gasteiger partial charge in [0.15, 0.2) is 5.82 Å². The van der Waals surface area contributed by atoms with Gasteiger partial charge in [-0.3, -0.25) is 39.1 Å². The van der Waals surface area contributed by atoms with Gasteiger partial charge in [0.1, 0.15) is 35.8 Å². The van der Waals surface area contributed by atoms with E-state index in [1.165, 1.54) is 12.1 Å². The van der Waals surface area contributed by atoms with Gasteiger partial charge in [-0.15, -0.1) is 0 Å². The Labute approximate surface area is 372 Å². The van der Waals surface area contributed by atoms with Gasteiger partial charge in [-0.2, -0.15) is 5.26 Å². The zero-order chi connectivity index (χ0) is 44.6. The van der Waals surface area contributed by atoms with Crippen LogP contribution < -0.4 is 25.4 Å². The van der Waals surface area contributed by atoms with Crippen molar-refractivity contribution in [1.82, 2.24) is 20.1 Å². The van der Waals surface area contributed by atoms with Gasteiger partial charge < -0.3 is 24.6 Å². The zero-order valence-corrected chi connectivity index (χ0v) is 35.4. The number of pyridine rings is 1. The van der Waals surface area contributed by atoms with Gasteiger partial charge >= 0.3 is 0 Å². The fraction of sp³-hybridized carbons (Fsp3) is 0.292. The van der Waals surface area contributed by atoms with Crippen LogP contribution in [0.1, 0.15) is 57.5 Å². The van der Waals surface area contributed by atoms with Gasteiger partial charge in [0, 0.05) is 69.4 Å². The molecule has 0 radical (unpaired) electrons. The highest BCUT2D eigenvalue weighted by atomic mass is 35.5. The number of carbonyl (C=O) groups excluding carboxylic acids is 4. The summed E-state index contributed by atoms with van der Waals surface area (Å²) < 4.78 is 22.0. The molecule has 64 heavy (non-hydrogen) atoms. The van der Waals surface area contributed by atoms with E-state index in [4.69, 9.17) is 16.3 Å². The molecule has 1 aromatic heterocycles. The first kappa shape index (κ1) is 42.3. The lowest BCUT2D eigenvalue weighted by molar-refractivity contribution is -0.136. The first-order valence-electron chi connectivity index (χ1n) is 21.2. The number of halogens is 2. The van der Waals surface area contributed by atoms with E-state index in [0.717, 1.165) is 29.8 Å². The van der Waals surface area contributed by atoms with Crippen molar-refractivity contribution in [3.63, 3.8) is 0 Å². The molecule has 0 saturated carbocycles. The fourth-order valence-electron chi connectivity index (χ4n) is 9.19. The smallest absolute Gasteiger partial charge is 0.266 e. The average Bonchev–Trinajstić information content (AvgIpc) is 3.55. The highest BCUT2D eigenvalue weighted by Crippen LogP contribution is 2.41. The molecule has 0 aliphatic carbocycles. The van der Waals surface area contributed by atoms with E-state index in [9.17, 15) is 34.3 Å². The third-order valence-electron chi connectivity index (χ3n) is 12.6. The van der Waals surface area contributed by atoms with Crippen LogP contribution in [0.4, 0.5) is 15.8 Å². The van der Waals surface area contributed by atoms with Crippen LogP contribution in [0.5, 0.6) is 11.5 Å². The minimum atomic E-state index is -1.17. The van der Waals surface area contributed by atoms with Crippen molar-refractivity contribution < 1.29 is 33.4 Å². The quantitative estimate of drug-likeness (QED) is 0.138. The molecule has 4 aromatic carbocycles. The number of aromatic nitrogens is 1. The maximum atomic E-state index is 16.0. The molecular formula is C48H43ClFN7O7. The Bertz CT molecular complexity index is 2800. The van der Waals surface area contributed by atoms with Gasteiger partial charge in [0.05, 0.1) is 33.2 Å². The number of phenolic OH excluding ortho intramolecular Hbond substituents is 1. The number of rotatable bonds is 10. The normalized spacial score (nSPS) is 18.3. The third-order valence-corrected chi connectivity index (χ3v) is 12.9. The standard InChI is InChI=1S/C48H43ClFN7O7/c49-36-22-34(37-23-33(35(25-51)45(60)52-37)30-7-4-8-31(21-30)64-27-29-5-2-1-3-6-29)41(58)24-40(36)55-15-13-28(14-16-55)26-54-17-19-56(20-18-54)38-10-9-32-43(44(38)50)48(63)57(47(32)62)39-11-12-42(59)53-46(39)61/h1-10,21-24,28,39,58H,11-20,26-27H2,(H,52,60)(H,53,59,61). The molecule has 9 rings (SSSR count). The zero-order valence-electron chi connectivity index (χ0n) is 34.6. The molecule has 326 valence electrons. The number of fused-ring (bicyclic) bond motifs is 1. The van der Waals surface area contributed by atoms with Crippen LogP contribution >= 0.6 is 11.6 Å². The number of amides is 4. The second-order valence-corrected chi connectivity index (χ2v) is 16.9. The van der Waals surface area contributed by atoms with E-state index < -0.39 is 41.0 Å². The SMILES string of the molecule is N#Cc1c(-c2cccc(OCc3ccccc3)c2)cc(-c2cc(Cl)c(N3CCC(CN4CCN(c5ccc6c(c5F)C(=O)N(C5CCC(=O)NC5=O)C6=O)CC4)CC3)cc2O)[nH]c1=O. The summed E-state index contributed by atoms with van der Waals surface area (Å²) in [5.74, 6) is -2.75. The number of piperidine rings is 2. The topological polar surface area (TPSA) is 179 Å². The first-order chi connectivity index (χ1) is 31.0. The molecule has 0 bridgehead atoms. The van der Waals surface area contributed by atoms with Gasteiger partial charge in [-0.05, 0) is 72.7 Å². The van der Waals surface area contributed by atoms with Crippen molar-refractivity contribution in [2.24, 2.45) is 5.92 Å². The number of nitriles is 1. The van der Waals surface area contributed by atoms with Crippen LogP contribution in [0.15, 0.2) is 89.7 Å². The number of anilines is 2. The number of aromatic hydroxyl groups is 1. The Morgan fingerprint density at radius 2 is 1.55 bits per heavy atom. The highest BCUT2D eigenvalue weighted by molar-refractivity contribution is 6.33. The summed E-state index contributed by atoms with van der Waals surface area (Å²) in [4.78, 5) is 73.7. The summed E-state index contributed by atoms with van der Waals surface area (Å²) in [6, 6.07) is 25.6. The van der Waals surface area contributed by atoms with Crippen LogP contribution in [0, 0.1) is 23.1 Å². The second-order valence-electron chi connectivity index (χ2n) is 16.5. The number of carbonyl (C=O) groups is 4. The molecule has 4 amide bonds. The molecule has 5 heterocycles. The Kier molecular flexibility index (Phi) is 11.6. The number of nitrogens with one attached hydrogen (secondary N) is 2. The third kappa shape index (κ3) is 8.18. The Morgan fingerprint density at radius 3 is 2.28 bits per heavy atom. The molecule has 3 N–H and O–H groups in total. The molecule has 1 unspecified atom stereocenters. The number of aromatic amines is 1. The highest BCUT2D eigenvalue weighted by Gasteiger charge is 2.46. The van der Waals surface area contributed by atoms with Crippen molar-refractivity contribution in [2.45, 2.75) is 38.3 Å². The van der Waals surface area contributed by atoms with Crippen LogP contribution in [0.3, 0.4) is 0 Å². The predicted molar refractivity (Wildman–Crippen MR) is 237 cm³/mol. The maximum absolute atomic E-state index is 16.0.